The summed E-state index contributed by atoms with van der Waals surface area (Å²) in [6.07, 6.45) is 9.29. The Hall–Kier alpha value is -0.990. The maximum absolute atomic E-state index is 5.45. The minimum Gasteiger partial charge on any atom is -0.463 e. The Bertz CT molecular complexity index is 329. The number of hydrogen-bond acceptors (Lipinski definition) is 3. The van der Waals surface area contributed by atoms with Gasteiger partial charge >= 0.3 is 0 Å². The Balaban J connectivity index is 1.73. The lowest BCUT2D eigenvalue weighted by Gasteiger charge is -2.32. The molecule has 88 valence electrons. The number of allylic oxidation sites excluding steroid dienone is 1. The highest BCUT2D eigenvalue weighted by molar-refractivity contribution is 5.75. The van der Waals surface area contributed by atoms with E-state index in [1.807, 2.05) is 0 Å². The zero-order chi connectivity index (χ0) is 10.8. The Labute approximate surface area is 97.0 Å². The fourth-order valence-electron chi connectivity index (χ4n) is 3.12. The fraction of sp³-hybridized carbons (Fsp3) is 0.769. The summed E-state index contributed by atoms with van der Waals surface area (Å²) in [6.45, 7) is 1.57. The van der Waals surface area contributed by atoms with Crippen LogP contribution in [-0.2, 0) is 4.74 Å². The summed E-state index contributed by atoms with van der Waals surface area (Å²) in [7, 11) is 0. The van der Waals surface area contributed by atoms with Crippen molar-refractivity contribution in [2.24, 2.45) is 4.99 Å². The van der Waals surface area contributed by atoms with E-state index < -0.39 is 0 Å². The van der Waals surface area contributed by atoms with Gasteiger partial charge in [-0.15, -0.1) is 0 Å². The van der Waals surface area contributed by atoms with Crippen LogP contribution in [0.1, 0.15) is 44.9 Å². The predicted octanol–water partition coefficient (Wildman–Crippen LogP) is 2.39. The van der Waals surface area contributed by atoms with Gasteiger partial charge in [-0.3, -0.25) is 0 Å². The largest absolute Gasteiger partial charge is 0.463 e. The molecular weight excluding hydrogens is 200 g/mol. The lowest BCUT2D eigenvalue weighted by Crippen LogP contribution is -2.39. The Morgan fingerprint density at radius 1 is 1.12 bits per heavy atom. The molecule has 3 aliphatic rings. The van der Waals surface area contributed by atoms with E-state index in [0.29, 0.717) is 6.04 Å². The highest BCUT2D eigenvalue weighted by atomic mass is 16.5. The van der Waals surface area contributed by atoms with E-state index in [9.17, 15) is 0 Å². The first-order valence-corrected chi connectivity index (χ1v) is 6.58. The molecule has 0 bridgehead atoms. The van der Waals surface area contributed by atoms with Crippen LogP contribution in [0.5, 0.6) is 0 Å². The third kappa shape index (κ3) is 1.95. The highest BCUT2D eigenvalue weighted by Crippen LogP contribution is 2.35. The van der Waals surface area contributed by atoms with Crippen LogP contribution in [0.15, 0.2) is 16.1 Å². The third-order valence-corrected chi connectivity index (χ3v) is 3.90. The van der Waals surface area contributed by atoms with Crippen molar-refractivity contribution in [2.45, 2.75) is 51.0 Å². The molecule has 0 radical (unpaired) electrons. The molecule has 1 aliphatic heterocycles. The maximum Gasteiger partial charge on any atom is 0.285 e. The van der Waals surface area contributed by atoms with E-state index in [4.69, 9.17) is 4.74 Å². The SMILES string of the molecule is C1CCC2=C(C1)CCCC2NC1=NCCO1. The van der Waals surface area contributed by atoms with E-state index in [1.54, 1.807) is 11.1 Å². The molecule has 1 heterocycles. The molecule has 0 aromatic carbocycles. The van der Waals surface area contributed by atoms with Crippen LogP contribution in [0.2, 0.25) is 0 Å². The van der Waals surface area contributed by atoms with Gasteiger partial charge in [-0.1, -0.05) is 5.57 Å². The van der Waals surface area contributed by atoms with Crippen LogP contribution in [0.4, 0.5) is 0 Å². The number of amidine groups is 1. The second-order valence-corrected chi connectivity index (χ2v) is 4.96. The van der Waals surface area contributed by atoms with Crippen LogP contribution < -0.4 is 5.32 Å². The molecule has 1 N–H and O–H groups in total. The van der Waals surface area contributed by atoms with Gasteiger partial charge in [0.1, 0.15) is 6.61 Å². The van der Waals surface area contributed by atoms with Crippen LogP contribution in [-0.4, -0.2) is 25.2 Å². The van der Waals surface area contributed by atoms with Crippen molar-refractivity contribution in [2.75, 3.05) is 13.2 Å². The van der Waals surface area contributed by atoms with Gasteiger partial charge in [0.15, 0.2) is 0 Å². The second kappa shape index (κ2) is 4.48. The minimum atomic E-state index is 0.515. The van der Waals surface area contributed by atoms with E-state index >= 15 is 0 Å². The average Bonchev–Trinajstić information content (AvgIpc) is 2.82. The summed E-state index contributed by atoms with van der Waals surface area (Å²) in [4.78, 5) is 4.33. The van der Waals surface area contributed by atoms with E-state index in [0.717, 1.165) is 19.2 Å². The van der Waals surface area contributed by atoms with Gasteiger partial charge in [0.25, 0.3) is 6.02 Å². The molecule has 0 saturated carbocycles. The standard InChI is InChI=1S/C13H20N2O/c1-2-6-11-10(4-1)5-3-7-12(11)15-13-14-8-9-16-13/h12H,1-9H2,(H,14,15). The zero-order valence-electron chi connectivity index (χ0n) is 9.80. The molecular formula is C13H20N2O. The topological polar surface area (TPSA) is 33.6 Å². The second-order valence-electron chi connectivity index (χ2n) is 4.96. The van der Waals surface area contributed by atoms with Crippen molar-refractivity contribution in [1.82, 2.24) is 5.32 Å². The number of rotatable bonds is 1. The zero-order valence-corrected chi connectivity index (χ0v) is 9.80. The van der Waals surface area contributed by atoms with Crippen LogP contribution in [0.3, 0.4) is 0 Å². The van der Waals surface area contributed by atoms with Gasteiger partial charge in [-0.2, -0.15) is 0 Å². The van der Waals surface area contributed by atoms with Crippen molar-refractivity contribution in [3.8, 4) is 0 Å². The van der Waals surface area contributed by atoms with Crippen molar-refractivity contribution >= 4 is 6.02 Å². The van der Waals surface area contributed by atoms with Crippen molar-refractivity contribution in [3.63, 3.8) is 0 Å². The number of nitrogens with one attached hydrogen (secondary N) is 1. The summed E-state index contributed by atoms with van der Waals surface area (Å²) in [5.41, 5.74) is 3.41. The van der Waals surface area contributed by atoms with E-state index in [1.165, 1.54) is 44.9 Å². The molecule has 1 unspecified atom stereocenters. The first-order valence-electron chi connectivity index (χ1n) is 6.58. The van der Waals surface area contributed by atoms with Crippen molar-refractivity contribution in [1.29, 1.82) is 0 Å². The summed E-state index contributed by atoms with van der Waals surface area (Å²) in [5, 5.41) is 3.49. The number of ether oxygens (including phenoxy) is 1. The lowest BCUT2D eigenvalue weighted by molar-refractivity contribution is 0.323. The quantitative estimate of drug-likeness (QED) is 0.688. The van der Waals surface area contributed by atoms with Gasteiger partial charge in [0, 0.05) is 0 Å². The Kier molecular flexibility index (Phi) is 2.85. The molecule has 0 aromatic heterocycles. The van der Waals surface area contributed by atoms with E-state index in [-0.39, 0.29) is 0 Å². The number of nitrogens with zero attached hydrogens (tertiary/aromatic N) is 1. The monoisotopic (exact) mass is 220 g/mol. The molecule has 0 amide bonds. The van der Waals surface area contributed by atoms with Crippen LogP contribution in [0.25, 0.3) is 0 Å². The first-order chi connectivity index (χ1) is 7.93. The predicted molar refractivity (Wildman–Crippen MR) is 64.5 cm³/mol. The lowest BCUT2D eigenvalue weighted by atomic mass is 9.79. The molecule has 1 atom stereocenters. The first kappa shape index (κ1) is 10.2. The molecule has 0 spiro atoms. The van der Waals surface area contributed by atoms with E-state index in [2.05, 4.69) is 10.3 Å². The summed E-state index contributed by atoms with van der Waals surface area (Å²) < 4.78 is 5.45. The molecule has 3 rings (SSSR count). The number of aliphatic imine (C=N–C) groups is 1. The minimum absolute atomic E-state index is 0.515. The van der Waals surface area contributed by atoms with Crippen LogP contribution >= 0.6 is 0 Å². The van der Waals surface area contributed by atoms with Crippen LogP contribution in [0, 0.1) is 0 Å². The number of hydrogen-bond donors (Lipinski definition) is 1. The molecule has 3 nitrogen and oxygen atoms in total. The third-order valence-electron chi connectivity index (χ3n) is 3.90. The molecule has 0 aromatic rings. The maximum atomic E-state index is 5.45. The highest BCUT2D eigenvalue weighted by Gasteiger charge is 2.26. The fourth-order valence-corrected chi connectivity index (χ4v) is 3.12. The summed E-state index contributed by atoms with van der Waals surface area (Å²) in [5.74, 6) is 0. The van der Waals surface area contributed by atoms with Gasteiger partial charge in [0.2, 0.25) is 0 Å². The Morgan fingerprint density at radius 3 is 2.88 bits per heavy atom. The molecule has 0 saturated heterocycles. The molecule has 2 aliphatic carbocycles. The average molecular weight is 220 g/mol. The molecule has 0 fully saturated rings. The summed E-state index contributed by atoms with van der Waals surface area (Å²) >= 11 is 0. The summed E-state index contributed by atoms with van der Waals surface area (Å²) in [6, 6.07) is 1.30. The molecule has 3 heteroatoms. The Morgan fingerprint density at radius 2 is 2.00 bits per heavy atom. The van der Waals surface area contributed by atoms with Gasteiger partial charge < -0.3 is 10.1 Å². The van der Waals surface area contributed by atoms with Gasteiger partial charge in [-0.05, 0) is 50.5 Å². The van der Waals surface area contributed by atoms with Crippen molar-refractivity contribution < 1.29 is 4.74 Å². The van der Waals surface area contributed by atoms with Gasteiger partial charge in [-0.25, -0.2) is 4.99 Å². The van der Waals surface area contributed by atoms with Gasteiger partial charge in [0.05, 0.1) is 12.6 Å². The smallest absolute Gasteiger partial charge is 0.285 e. The van der Waals surface area contributed by atoms with Crippen molar-refractivity contribution in [3.05, 3.63) is 11.1 Å². The molecule has 16 heavy (non-hydrogen) atoms. The normalized spacial score (nSPS) is 29.5.